The van der Waals surface area contributed by atoms with E-state index in [1.807, 2.05) is 31.2 Å². The smallest absolute Gasteiger partial charge is 0.270 e. The zero-order chi connectivity index (χ0) is 25.8. The summed E-state index contributed by atoms with van der Waals surface area (Å²) in [6.07, 6.45) is 5.21. The van der Waals surface area contributed by atoms with Crippen LogP contribution < -0.4 is 5.43 Å². The lowest BCUT2D eigenvalue weighted by molar-refractivity contribution is -0.119. The Morgan fingerprint density at radius 1 is 0.833 bits per heavy atom. The molecule has 5 rings (SSSR count). The van der Waals surface area contributed by atoms with Crippen LogP contribution in [0.3, 0.4) is 0 Å². The number of hydrazine groups is 1. The quantitative estimate of drug-likeness (QED) is 0.631. The van der Waals surface area contributed by atoms with Gasteiger partial charge in [-0.2, -0.15) is 0 Å². The number of ketones is 2. The SMILES string of the molecule is Cc1ccc(C2C3=C(CC(C)(C)CC3=O)N(NC(=O)c3ccncc3)C3=C2C(=O)CC(C)(C)C3)cc1. The predicted octanol–water partition coefficient (Wildman–Crippen LogP) is 5.42. The Hall–Kier alpha value is -3.54. The number of carbonyl (C=O) groups is 3. The average molecular weight is 484 g/mol. The van der Waals surface area contributed by atoms with Crippen LogP contribution in [0.4, 0.5) is 0 Å². The van der Waals surface area contributed by atoms with Gasteiger partial charge in [-0.15, -0.1) is 0 Å². The van der Waals surface area contributed by atoms with Crippen LogP contribution in [0.2, 0.25) is 0 Å². The number of aromatic nitrogens is 1. The molecule has 0 unspecified atom stereocenters. The summed E-state index contributed by atoms with van der Waals surface area (Å²) in [6.45, 7) is 10.4. The van der Waals surface area contributed by atoms with Gasteiger partial charge in [0.05, 0.1) is 0 Å². The number of hydrogen-bond acceptors (Lipinski definition) is 5. The molecule has 1 N–H and O–H groups in total. The molecule has 2 aliphatic carbocycles. The highest BCUT2D eigenvalue weighted by Crippen LogP contribution is 2.53. The van der Waals surface area contributed by atoms with Crippen LogP contribution in [0.15, 0.2) is 71.3 Å². The van der Waals surface area contributed by atoms with Crippen LogP contribution >= 0.6 is 0 Å². The van der Waals surface area contributed by atoms with Crippen LogP contribution in [0.1, 0.15) is 80.8 Å². The number of aryl methyl sites for hydroxylation is 1. The minimum Gasteiger partial charge on any atom is -0.294 e. The third-order valence-electron chi connectivity index (χ3n) is 7.48. The van der Waals surface area contributed by atoms with Gasteiger partial charge in [-0.05, 0) is 48.3 Å². The van der Waals surface area contributed by atoms with E-state index in [9.17, 15) is 14.4 Å². The van der Waals surface area contributed by atoms with Crippen LogP contribution in [-0.4, -0.2) is 27.5 Å². The van der Waals surface area contributed by atoms with Crippen molar-refractivity contribution >= 4 is 17.5 Å². The lowest BCUT2D eigenvalue weighted by atomic mass is 9.64. The first kappa shape index (κ1) is 24.2. The molecule has 36 heavy (non-hydrogen) atoms. The second-order valence-electron chi connectivity index (χ2n) is 12.0. The number of rotatable bonds is 3. The minimum absolute atomic E-state index is 0.0409. The summed E-state index contributed by atoms with van der Waals surface area (Å²) in [5.74, 6) is -0.633. The minimum atomic E-state index is -0.420. The number of nitrogens with one attached hydrogen (secondary N) is 1. The molecular weight excluding hydrogens is 450 g/mol. The highest BCUT2D eigenvalue weighted by molar-refractivity contribution is 6.07. The van der Waals surface area contributed by atoms with Gasteiger partial charge in [-0.25, -0.2) is 0 Å². The van der Waals surface area contributed by atoms with E-state index < -0.39 is 5.92 Å². The number of nitrogens with zero attached hydrogens (tertiary/aromatic N) is 2. The zero-order valence-corrected chi connectivity index (χ0v) is 21.6. The monoisotopic (exact) mass is 483 g/mol. The molecule has 0 fully saturated rings. The molecule has 3 aliphatic rings. The summed E-state index contributed by atoms with van der Waals surface area (Å²) in [5.41, 5.74) is 7.96. The van der Waals surface area contributed by atoms with E-state index >= 15 is 0 Å². The van der Waals surface area contributed by atoms with Crippen molar-refractivity contribution in [3.8, 4) is 0 Å². The average Bonchev–Trinajstić information content (AvgIpc) is 2.79. The topological polar surface area (TPSA) is 79.4 Å². The molecule has 0 radical (unpaired) electrons. The van der Waals surface area contributed by atoms with E-state index in [4.69, 9.17) is 0 Å². The van der Waals surface area contributed by atoms with Crippen molar-refractivity contribution in [2.24, 2.45) is 10.8 Å². The van der Waals surface area contributed by atoms with E-state index in [-0.39, 0.29) is 28.3 Å². The van der Waals surface area contributed by atoms with Gasteiger partial charge in [0.15, 0.2) is 11.6 Å². The van der Waals surface area contributed by atoms with E-state index in [0.29, 0.717) is 42.4 Å². The van der Waals surface area contributed by atoms with Crippen molar-refractivity contribution in [2.45, 2.75) is 66.2 Å². The highest BCUT2D eigenvalue weighted by Gasteiger charge is 2.49. The summed E-state index contributed by atoms with van der Waals surface area (Å²) < 4.78 is 0. The maximum atomic E-state index is 13.8. The van der Waals surface area contributed by atoms with Crippen molar-refractivity contribution < 1.29 is 14.4 Å². The van der Waals surface area contributed by atoms with E-state index in [2.05, 4.69) is 38.1 Å². The lowest BCUT2D eigenvalue weighted by Gasteiger charge is -2.48. The number of Topliss-reactive ketones (excluding diaryl/α,β-unsaturated/α-hetero) is 2. The molecule has 6 heteroatoms. The van der Waals surface area contributed by atoms with E-state index in [1.165, 1.54) is 0 Å². The number of benzene rings is 1. The Balaban J connectivity index is 1.73. The number of amides is 1. The van der Waals surface area contributed by atoms with Crippen molar-refractivity contribution in [1.29, 1.82) is 0 Å². The molecule has 1 aromatic heterocycles. The molecule has 1 aromatic carbocycles. The molecule has 1 aliphatic heterocycles. The number of allylic oxidation sites excluding steroid dienone is 4. The molecule has 0 saturated carbocycles. The highest BCUT2D eigenvalue weighted by atomic mass is 16.2. The first-order valence-electron chi connectivity index (χ1n) is 12.6. The fourth-order valence-electron chi connectivity index (χ4n) is 5.86. The molecule has 186 valence electrons. The Bertz CT molecular complexity index is 1260. The van der Waals surface area contributed by atoms with Crippen molar-refractivity contribution in [1.82, 2.24) is 15.4 Å². The van der Waals surface area contributed by atoms with Gasteiger partial charge in [0.2, 0.25) is 0 Å². The molecule has 0 saturated heterocycles. The number of hydrogen-bond donors (Lipinski definition) is 1. The third kappa shape index (κ3) is 4.29. The first-order valence-corrected chi connectivity index (χ1v) is 12.6. The standard InChI is InChI=1S/C30H33N3O3/c1-18-6-8-19(9-7-18)25-26-21(14-29(2,3)16-23(26)34)33(32-28(36)20-10-12-31-13-11-20)22-15-30(4,5)17-24(35)27(22)25/h6-13,25H,14-17H2,1-5H3,(H,32,36). The molecular formula is C30H33N3O3. The Morgan fingerprint density at radius 3 is 1.83 bits per heavy atom. The second-order valence-corrected chi connectivity index (χ2v) is 12.0. The van der Waals surface area contributed by atoms with Gasteiger partial charge in [0.25, 0.3) is 5.91 Å². The molecule has 0 bridgehead atoms. The number of pyridine rings is 1. The fourth-order valence-corrected chi connectivity index (χ4v) is 5.86. The maximum absolute atomic E-state index is 13.8. The van der Waals surface area contributed by atoms with Crippen LogP contribution in [0.5, 0.6) is 0 Å². The van der Waals surface area contributed by atoms with Gasteiger partial charge in [0.1, 0.15) is 0 Å². The summed E-state index contributed by atoms with van der Waals surface area (Å²) in [7, 11) is 0. The molecule has 0 atom stereocenters. The predicted molar refractivity (Wildman–Crippen MR) is 138 cm³/mol. The summed E-state index contributed by atoms with van der Waals surface area (Å²) in [6, 6.07) is 11.4. The Kier molecular flexibility index (Phi) is 5.73. The van der Waals surface area contributed by atoms with E-state index in [0.717, 1.165) is 22.5 Å². The van der Waals surface area contributed by atoms with Crippen molar-refractivity contribution in [3.05, 3.63) is 88.0 Å². The van der Waals surface area contributed by atoms with Gasteiger partial charge < -0.3 is 0 Å². The van der Waals surface area contributed by atoms with E-state index in [1.54, 1.807) is 29.5 Å². The summed E-state index contributed by atoms with van der Waals surface area (Å²) >= 11 is 0. The maximum Gasteiger partial charge on any atom is 0.270 e. The summed E-state index contributed by atoms with van der Waals surface area (Å²) in [5, 5.41) is 1.79. The Labute approximate surface area is 212 Å². The zero-order valence-electron chi connectivity index (χ0n) is 21.6. The van der Waals surface area contributed by atoms with Crippen molar-refractivity contribution in [2.75, 3.05) is 0 Å². The van der Waals surface area contributed by atoms with Gasteiger partial charge in [-0.1, -0.05) is 57.5 Å². The number of carbonyl (C=O) groups excluding carboxylic acids is 3. The first-order chi connectivity index (χ1) is 17.0. The van der Waals surface area contributed by atoms with Gasteiger partial charge in [-0.3, -0.25) is 29.8 Å². The van der Waals surface area contributed by atoms with Gasteiger partial charge in [0, 0.05) is 59.3 Å². The second kappa shape index (κ2) is 8.54. The van der Waals surface area contributed by atoms with Crippen LogP contribution in [0.25, 0.3) is 0 Å². The van der Waals surface area contributed by atoms with Crippen LogP contribution in [-0.2, 0) is 9.59 Å². The lowest BCUT2D eigenvalue weighted by Crippen LogP contribution is -2.50. The Morgan fingerprint density at radius 2 is 1.33 bits per heavy atom. The summed E-state index contributed by atoms with van der Waals surface area (Å²) in [4.78, 5) is 44.9. The van der Waals surface area contributed by atoms with Crippen LogP contribution in [0, 0.1) is 17.8 Å². The largest absolute Gasteiger partial charge is 0.294 e. The molecule has 1 amide bonds. The third-order valence-corrected chi connectivity index (χ3v) is 7.48. The molecule has 6 nitrogen and oxygen atoms in total. The fraction of sp³-hybridized carbons (Fsp3) is 0.400. The molecule has 2 heterocycles. The molecule has 2 aromatic rings. The molecule has 0 spiro atoms. The normalized spacial score (nSPS) is 21.3. The van der Waals surface area contributed by atoms with Crippen molar-refractivity contribution in [3.63, 3.8) is 0 Å². The van der Waals surface area contributed by atoms with Gasteiger partial charge >= 0.3 is 0 Å².